The second-order valence-corrected chi connectivity index (χ2v) is 5.90. The van der Waals surface area contributed by atoms with Gasteiger partial charge in [0.2, 0.25) is 0 Å². The second kappa shape index (κ2) is 6.37. The molecule has 0 aromatic heterocycles. The molecule has 20 heavy (non-hydrogen) atoms. The Kier molecular flexibility index (Phi) is 4.78. The van der Waals surface area contributed by atoms with Gasteiger partial charge in [0.1, 0.15) is 5.82 Å². The summed E-state index contributed by atoms with van der Waals surface area (Å²) >= 11 is 3.26. The van der Waals surface area contributed by atoms with Crippen LogP contribution in [0, 0.1) is 5.82 Å². The fraction of sp³-hybridized carbons (Fsp3) is 0.250. The third-order valence-corrected chi connectivity index (χ3v) is 3.60. The Morgan fingerprint density at radius 2 is 1.80 bits per heavy atom. The molecule has 0 saturated heterocycles. The lowest BCUT2D eigenvalue weighted by molar-refractivity contribution is 0.178. The van der Waals surface area contributed by atoms with Gasteiger partial charge in [-0.05, 0) is 41.5 Å². The number of hydrogen-bond donors (Lipinski definition) is 1. The predicted octanol–water partition coefficient (Wildman–Crippen LogP) is 3.93. The Morgan fingerprint density at radius 1 is 1.15 bits per heavy atom. The van der Waals surface area contributed by atoms with Crippen LogP contribution in [0.2, 0.25) is 0 Å². The summed E-state index contributed by atoms with van der Waals surface area (Å²) in [4.78, 5) is 2.00. The minimum absolute atomic E-state index is 0.301. The van der Waals surface area contributed by atoms with Gasteiger partial charge in [0.15, 0.2) is 0 Å². The first-order valence-electron chi connectivity index (χ1n) is 6.36. The largest absolute Gasteiger partial charge is 0.388 e. The van der Waals surface area contributed by atoms with Gasteiger partial charge in [0, 0.05) is 30.7 Å². The highest BCUT2D eigenvalue weighted by atomic mass is 79.9. The summed E-state index contributed by atoms with van der Waals surface area (Å²) < 4.78 is 14.0. The standard InChI is InChI=1S/C16H17BrFNO/c1-19(2)15-5-3-12(4-6-15)16(20)9-11-7-13(17)10-14(18)8-11/h3-8,10,16,20H,9H2,1-2H3. The van der Waals surface area contributed by atoms with Crippen molar-refractivity contribution in [2.75, 3.05) is 19.0 Å². The summed E-state index contributed by atoms with van der Waals surface area (Å²) in [5.74, 6) is -0.301. The summed E-state index contributed by atoms with van der Waals surface area (Å²) in [6.07, 6.45) is -0.252. The number of nitrogens with zero attached hydrogens (tertiary/aromatic N) is 1. The lowest BCUT2D eigenvalue weighted by Crippen LogP contribution is -2.09. The zero-order valence-electron chi connectivity index (χ0n) is 11.5. The van der Waals surface area contributed by atoms with E-state index in [0.29, 0.717) is 10.9 Å². The minimum Gasteiger partial charge on any atom is -0.388 e. The van der Waals surface area contributed by atoms with Crippen LogP contribution in [0.4, 0.5) is 10.1 Å². The van der Waals surface area contributed by atoms with Gasteiger partial charge in [-0.25, -0.2) is 4.39 Å². The van der Waals surface area contributed by atoms with Crippen LogP contribution >= 0.6 is 15.9 Å². The number of anilines is 1. The van der Waals surface area contributed by atoms with Gasteiger partial charge in [-0.1, -0.05) is 28.1 Å². The monoisotopic (exact) mass is 337 g/mol. The summed E-state index contributed by atoms with van der Waals surface area (Å²) in [6.45, 7) is 0. The van der Waals surface area contributed by atoms with Gasteiger partial charge in [-0.3, -0.25) is 0 Å². The van der Waals surface area contributed by atoms with Crippen LogP contribution in [0.15, 0.2) is 46.9 Å². The van der Waals surface area contributed by atoms with Crippen molar-refractivity contribution in [1.29, 1.82) is 0 Å². The Labute approximate surface area is 127 Å². The highest BCUT2D eigenvalue weighted by molar-refractivity contribution is 9.10. The van der Waals surface area contributed by atoms with Crippen molar-refractivity contribution in [3.8, 4) is 0 Å². The Bertz CT molecular complexity index is 563. The summed E-state index contributed by atoms with van der Waals surface area (Å²) in [5.41, 5.74) is 2.67. The molecule has 1 atom stereocenters. The van der Waals surface area contributed by atoms with E-state index in [0.717, 1.165) is 16.8 Å². The third kappa shape index (κ3) is 3.81. The van der Waals surface area contributed by atoms with Crippen LogP contribution in [-0.4, -0.2) is 19.2 Å². The van der Waals surface area contributed by atoms with Crippen LogP contribution in [0.5, 0.6) is 0 Å². The van der Waals surface area contributed by atoms with E-state index in [1.165, 1.54) is 12.1 Å². The van der Waals surface area contributed by atoms with Crippen molar-refractivity contribution < 1.29 is 9.50 Å². The third-order valence-electron chi connectivity index (χ3n) is 3.15. The number of aliphatic hydroxyl groups is 1. The predicted molar refractivity (Wildman–Crippen MR) is 83.5 cm³/mol. The lowest BCUT2D eigenvalue weighted by atomic mass is 10.0. The van der Waals surface area contributed by atoms with Gasteiger partial charge in [-0.15, -0.1) is 0 Å². The molecule has 0 radical (unpaired) electrons. The number of aliphatic hydroxyl groups excluding tert-OH is 1. The summed E-state index contributed by atoms with van der Waals surface area (Å²) in [6, 6.07) is 12.4. The quantitative estimate of drug-likeness (QED) is 0.913. The second-order valence-electron chi connectivity index (χ2n) is 4.98. The van der Waals surface area contributed by atoms with Gasteiger partial charge in [0.05, 0.1) is 6.10 Å². The molecule has 0 aliphatic carbocycles. The zero-order valence-corrected chi connectivity index (χ0v) is 13.1. The molecule has 0 bridgehead atoms. The van der Waals surface area contributed by atoms with Crippen LogP contribution in [0.3, 0.4) is 0 Å². The van der Waals surface area contributed by atoms with E-state index in [4.69, 9.17) is 0 Å². The number of halogens is 2. The Balaban J connectivity index is 2.13. The van der Waals surface area contributed by atoms with Crippen LogP contribution < -0.4 is 4.90 Å². The molecule has 1 N–H and O–H groups in total. The lowest BCUT2D eigenvalue weighted by Gasteiger charge is -2.15. The fourth-order valence-electron chi connectivity index (χ4n) is 2.06. The maximum Gasteiger partial charge on any atom is 0.124 e. The molecule has 0 heterocycles. The minimum atomic E-state index is -0.639. The highest BCUT2D eigenvalue weighted by Gasteiger charge is 2.10. The molecule has 4 heteroatoms. The van der Waals surface area contributed by atoms with E-state index in [1.54, 1.807) is 0 Å². The highest BCUT2D eigenvalue weighted by Crippen LogP contribution is 2.23. The maximum absolute atomic E-state index is 13.3. The molecule has 0 aliphatic heterocycles. The van der Waals surface area contributed by atoms with Crippen molar-refractivity contribution in [1.82, 2.24) is 0 Å². The van der Waals surface area contributed by atoms with Crippen molar-refractivity contribution in [3.05, 3.63) is 63.9 Å². The maximum atomic E-state index is 13.3. The molecule has 2 nitrogen and oxygen atoms in total. The Hall–Kier alpha value is -1.39. The SMILES string of the molecule is CN(C)c1ccc(C(O)Cc2cc(F)cc(Br)c2)cc1. The molecule has 0 fully saturated rings. The topological polar surface area (TPSA) is 23.5 Å². The number of benzene rings is 2. The van der Waals surface area contributed by atoms with Crippen molar-refractivity contribution in [2.24, 2.45) is 0 Å². The van der Waals surface area contributed by atoms with Crippen LogP contribution in [-0.2, 0) is 6.42 Å². The summed E-state index contributed by atoms with van der Waals surface area (Å²) in [7, 11) is 3.94. The van der Waals surface area contributed by atoms with E-state index < -0.39 is 6.10 Å². The average Bonchev–Trinajstić information content (AvgIpc) is 2.37. The fourth-order valence-corrected chi connectivity index (χ4v) is 2.58. The van der Waals surface area contributed by atoms with Crippen molar-refractivity contribution in [3.63, 3.8) is 0 Å². The zero-order chi connectivity index (χ0) is 14.7. The van der Waals surface area contributed by atoms with E-state index in [2.05, 4.69) is 15.9 Å². The molecular weight excluding hydrogens is 321 g/mol. The smallest absolute Gasteiger partial charge is 0.124 e. The number of rotatable bonds is 4. The van der Waals surface area contributed by atoms with E-state index >= 15 is 0 Å². The molecule has 0 amide bonds. The first-order chi connectivity index (χ1) is 9.45. The van der Waals surface area contributed by atoms with Gasteiger partial charge in [0.25, 0.3) is 0 Å². The molecule has 0 aliphatic rings. The van der Waals surface area contributed by atoms with E-state index in [-0.39, 0.29) is 5.82 Å². The molecule has 1 unspecified atom stereocenters. The first-order valence-corrected chi connectivity index (χ1v) is 7.15. The van der Waals surface area contributed by atoms with Crippen molar-refractivity contribution >= 4 is 21.6 Å². The van der Waals surface area contributed by atoms with Crippen LogP contribution in [0.1, 0.15) is 17.2 Å². The van der Waals surface area contributed by atoms with Gasteiger partial charge < -0.3 is 10.0 Å². The molecular formula is C16H17BrFNO. The molecule has 0 spiro atoms. The summed E-state index contributed by atoms with van der Waals surface area (Å²) in [5, 5.41) is 10.2. The average molecular weight is 338 g/mol. The van der Waals surface area contributed by atoms with Crippen LogP contribution in [0.25, 0.3) is 0 Å². The Morgan fingerprint density at radius 3 is 2.35 bits per heavy atom. The van der Waals surface area contributed by atoms with Crippen molar-refractivity contribution in [2.45, 2.75) is 12.5 Å². The molecule has 2 aromatic rings. The molecule has 0 saturated carbocycles. The molecule has 2 rings (SSSR count). The van der Waals surface area contributed by atoms with Gasteiger partial charge in [-0.2, -0.15) is 0 Å². The van der Waals surface area contributed by atoms with E-state index in [1.807, 2.05) is 49.3 Å². The van der Waals surface area contributed by atoms with E-state index in [9.17, 15) is 9.50 Å². The first kappa shape index (κ1) is 15.0. The number of hydrogen-bond acceptors (Lipinski definition) is 2. The molecule has 2 aromatic carbocycles. The normalized spacial score (nSPS) is 12.2. The van der Waals surface area contributed by atoms with Gasteiger partial charge >= 0.3 is 0 Å². The molecule has 106 valence electrons.